The van der Waals surface area contributed by atoms with E-state index >= 15 is 0 Å². The summed E-state index contributed by atoms with van der Waals surface area (Å²) in [6.07, 6.45) is -0.0878. The lowest BCUT2D eigenvalue weighted by Gasteiger charge is -2.13. The first kappa shape index (κ1) is 16.0. The molecule has 2 amide bonds. The van der Waals surface area contributed by atoms with Crippen LogP contribution in [0.15, 0.2) is 35.2 Å². The number of aliphatic carboxylic acids is 1. The van der Waals surface area contributed by atoms with E-state index in [0.717, 1.165) is 4.90 Å². The molecular weight excluding hydrogens is 280 g/mol. The number of thioether (sulfide) groups is 1. The smallest absolute Gasteiger partial charge is 0.326 e. The van der Waals surface area contributed by atoms with Gasteiger partial charge in [-0.05, 0) is 18.6 Å². The van der Waals surface area contributed by atoms with Gasteiger partial charge in [0.2, 0.25) is 11.8 Å². The van der Waals surface area contributed by atoms with E-state index in [1.165, 1.54) is 11.8 Å². The van der Waals surface area contributed by atoms with Crippen LogP contribution in [-0.2, 0) is 14.4 Å². The summed E-state index contributed by atoms with van der Waals surface area (Å²) < 4.78 is 0. The Morgan fingerprint density at radius 3 is 2.45 bits per heavy atom. The fourth-order valence-corrected chi connectivity index (χ4v) is 2.18. The second kappa shape index (κ2) is 8.21. The summed E-state index contributed by atoms with van der Waals surface area (Å²) in [6.45, 7) is 0. The van der Waals surface area contributed by atoms with Crippen LogP contribution in [0.1, 0.15) is 12.8 Å². The minimum atomic E-state index is -1.18. The molecule has 7 heteroatoms. The third-order valence-electron chi connectivity index (χ3n) is 2.43. The number of rotatable bonds is 8. The van der Waals surface area contributed by atoms with Crippen LogP contribution in [0.3, 0.4) is 0 Å². The van der Waals surface area contributed by atoms with Crippen LogP contribution in [0.4, 0.5) is 0 Å². The molecule has 0 saturated heterocycles. The highest BCUT2D eigenvalue weighted by molar-refractivity contribution is 8.00. The second-order valence-electron chi connectivity index (χ2n) is 4.07. The highest BCUT2D eigenvalue weighted by Crippen LogP contribution is 2.16. The van der Waals surface area contributed by atoms with Crippen LogP contribution >= 0.6 is 11.8 Å². The first-order valence-electron chi connectivity index (χ1n) is 5.97. The summed E-state index contributed by atoms with van der Waals surface area (Å²) in [5.41, 5.74) is 4.96. The Morgan fingerprint density at radius 1 is 1.25 bits per heavy atom. The number of hydrogen-bond donors (Lipinski definition) is 3. The highest BCUT2D eigenvalue weighted by Gasteiger charge is 2.20. The van der Waals surface area contributed by atoms with Gasteiger partial charge in [-0.2, -0.15) is 0 Å². The molecule has 0 bridgehead atoms. The maximum atomic E-state index is 11.7. The number of primary amides is 1. The molecule has 0 aliphatic rings. The fourth-order valence-electron chi connectivity index (χ4n) is 1.45. The predicted molar refractivity (Wildman–Crippen MR) is 75.2 cm³/mol. The van der Waals surface area contributed by atoms with Gasteiger partial charge < -0.3 is 16.2 Å². The molecule has 1 atom stereocenters. The number of nitrogens with one attached hydrogen (secondary N) is 1. The van der Waals surface area contributed by atoms with Gasteiger partial charge in [0.1, 0.15) is 6.04 Å². The monoisotopic (exact) mass is 296 g/mol. The lowest BCUT2D eigenvalue weighted by molar-refractivity contribution is -0.141. The molecule has 1 aromatic carbocycles. The topological polar surface area (TPSA) is 109 Å². The quantitative estimate of drug-likeness (QED) is 0.609. The van der Waals surface area contributed by atoms with E-state index < -0.39 is 23.8 Å². The van der Waals surface area contributed by atoms with E-state index in [1.54, 1.807) is 0 Å². The van der Waals surface area contributed by atoms with E-state index in [1.807, 2.05) is 30.3 Å². The highest BCUT2D eigenvalue weighted by atomic mass is 32.2. The molecule has 0 aliphatic heterocycles. The van der Waals surface area contributed by atoms with Gasteiger partial charge in [-0.3, -0.25) is 9.59 Å². The zero-order valence-corrected chi connectivity index (χ0v) is 11.6. The largest absolute Gasteiger partial charge is 0.480 e. The normalized spacial score (nSPS) is 11.6. The Bertz CT molecular complexity index is 479. The third-order valence-corrected chi connectivity index (χ3v) is 3.44. The molecule has 0 radical (unpaired) electrons. The average Bonchev–Trinajstić information content (AvgIpc) is 2.41. The molecule has 0 saturated carbocycles. The SMILES string of the molecule is NC(=O)CC[C@H](NC(=O)CSc1ccccc1)C(=O)O. The fraction of sp³-hybridized carbons (Fsp3) is 0.308. The average molecular weight is 296 g/mol. The van der Waals surface area contributed by atoms with Crippen LogP contribution in [0.2, 0.25) is 0 Å². The summed E-state index contributed by atoms with van der Waals surface area (Å²) in [6, 6.07) is 8.21. The van der Waals surface area contributed by atoms with E-state index in [4.69, 9.17) is 10.8 Å². The van der Waals surface area contributed by atoms with E-state index in [0.29, 0.717) is 0 Å². The number of benzene rings is 1. The van der Waals surface area contributed by atoms with Crippen molar-refractivity contribution in [1.82, 2.24) is 5.32 Å². The number of carbonyl (C=O) groups excluding carboxylic acids is 2. The van der Waals surface area contributed by atoms with Crippen molar-refractivity contribution in [3.05, 3.63) is 30.3 Å². The molecule has 108 valence electrons. The van der Waals surface area contributed by atoms with Crippen molar-refractivity contribution >= 4 is 29.5 Å². The van der Waals surface area contributed by atoms with Crippen molar-refractivity contribution < 1.29 is 19.5 Å². The van der Waals surface area contributed by atoms with E-state index in [-0.39, 0.29) is 18.6 Å². The van der Waals surface area contributed by atoms with Crippen molar-refractivity contribution in [1.29, 1.82) is 0 Å². The minimum absolute atomic E-state index is 0.00753. The summed E-state index contributed by atoms with van der Waals surface area (Å²) >= 11 is 1.31. The molecule has 0 aliphatic carbocycles. The van der Waals surface area contributed by atoms with Gasteiger partial charge in [0.05, 0.1) is 5.75 Å². The number of hydrogen-bond acceptors (Lipinski definition) is 4. The molecular formula is C13H16N2O4S. The zero-order chi connectivity index (χ0) is 15.0. The standard InChI is InChI=1S/C13H16N2O4S/c14-11(16)7-6-10(13(18)19)15-12(17)8-20-9-4-2-1-3-5-9/h1-5,10H,6-8H2,(H2,14,16)(H,15,17)(H,18,19)/t10-/m0/s1. The maximum Gasteiger partial charge on any atom is 0.326 e. The molecule has 4 N–H and O–H groups in total. The maximum absolute atomic E-state index is 11.7. The molecule has 1 aromatic rings. The van der Waals surface area contributed by atoms with Gasteiger partial charge in [0.15, 0.2) is 0 Å². The third kappa shape index (κ3) is 6.24. The Hall–Kier alpha value is -2.02. The zero-order valence-electron chi connectivity index (χ0n) is 10.7. The summed E-state index contributed by atoms with van der Waals surface area (Å²) in [5, 5.41) is 11.3. The van der Waals surface area contributed by atoms with Gasteiger partial charge in [0.25, 0.3) is 0 Å². The molecule has 0 aromatic heterocycles. The van der Waals surface area contributed by atoms with Crippen molar-refractivity contribution in [2.24, 2.45) is 5.73 Å². The molecule has 0 spiro atoms. The summed E-state index contributed by atoms with van der Waals surface area (Å²) in [7, 11) is 0. The first-order chi connectivity index (χ1) is 9.49. The lowest BCUT2D eigenvalue weighted by atomic mass is 10.1. The number of carboxylic acids is 1. The summed E-state index contributed by atoms with van der Waals surface area (Å²) in [4.78, 5) is 34.2. The van der Waals surface area contributed by atoms with Gasteiger partial charge in [-0.1, -0.05) is 18.2 Å². The van der Waals surface area contributed by atoms with Crippen LogP contribution in [0, 0.1) is 0 Å². The molecule has 0 fully saturated rings. The van der Waals surface area contributed by atoms with E-state index in [9.17, 15) is 14.4 Å². The predicted octanol–water partition coefficient (Wildman–Crippen LogP) is 0.614. The van der Waals surface area contributed by atoms with Crippen molar-refractivity contribution in [2.75, 3.05) is 5.75 Å². The number of amides is 2. The van der Waals surface area contributed by atoms with Crippen molar-refractivity contribution in [3.8, 4) is 0 Å². The van der Waals surface area contributed by atoms with E-state index in [2.05, 4.69) is 5.32 Å². The molecule has 6 nitrogen and oxygen atoms in total. The van der Waals surface area contributed by atoms with Crippen molar-refractivity contribution in [2.45, 2.75) is 23.8 Å². The van der Waals surface area contributed by atoms with Crippen LogP contribution in [-0.4, -0.2) is 34.7 Å². The Kier molecular flexibility index (Phi) is 6.58. The van der Waals surface area contributed by atoms with Gasteiger partial charge in [-0.25, -0.2) is 4.79 Å². The molecule has 20 heavy (non-hydrogen) atoms. The van der Waals surface area contributed by atoms with Gasteiger partial charge >= 0.3 is 5.97 Å². The van der Waals surface area contributed by atoms with Crippen molar-refractivity contribution in [3.63, 3.8) is 0 Å². The number of carbonyl (C=O) groups is 3. The molecule has 0 unspecified atom stereocenters. The number of carboxylic acid groups (broad SMARTS) is 1. The van der Waals surface area contributed by atoms with Crippen LogP contribution < -0.4 is 11.1 Å². The molecule has 1 rings (SSSR count). The second-order valence-corrected chi connectivity index (χ2v) is 5.11. The number of nitrogens with two attached hydrogens (primary N) is 1. The lowest BCUT2D eigenvalue weighted by Crippen LogP contribution is -2.42. The Balaban J connectivity index is 2.41. The molecule has 0 heterocycles. The van der Waals surface area contributed by atoms with Gasteiger partial charge in [-0.15, -0.1) is 11.8 Å². The Labute approximate surface area is 120 Å². The first-order valence-corrected chi connectivity index (χ1v) is 6.96. The van der Waals surface area contributed by atoms with Crippen LogP contribution in [0.5, 0.6) is 0 Å². The van der Waals surface area contributed by atoms with Gasteiger partial charge in [0, 0.05) is 11.3 Å². The minimum Gasteiger partial charge on any atom is -0.480 e. The summed E-state index contributed by atoms with van der Waals surface area (Å²) in [5.74, 6) is -2.05. The Morgan fingerprint density at radius 2 is 1.90 bits per heavy atom. The van der Waals surface area contributed by atoms with Crippen LogP contribution in [0.25, 0.3) is 0 Å².